The Morgan fingerprint density at radius 1 is 0.974 bits per heavy atom. The summed E-state index contributed by atoms with van der Waals surface area (Å²) >= 11 is 1.62. The van der Waals surface area contributed by atoms with E-state index >= 15 is 0 Å². The van der Waals surface area contributed by atoms with Crippen LogP contribution in [-0.2, 0) is 13.1 Å². The van der Waals surface area contributed by atoms with Crippen molar-refractivity contribution in [2.45, 2.75) is 20.0 Å². The maximum absolute atomic E-state index is 12.9. The first kappa shape index (κ1) is 26.7. The lowest BCUT2D eigenvalue weighted by molar-refractivity contribution is 0.0736. The summed E-state index contributed by atoms with van der Waals surface area (Å²) in [6, 6.07) is 22.3. The van der Waals surface area contributed by atoms with Gasteiger partial charge in [0.25, 0.3) is 5.91 Å². The number of aromatic nitrogens is 1. The number of hydrogen-bond donors (Lipinski definition) is 1. The first-order valence-corrected chi connectivity index (χ1v) is 14.0. The molecule has 7 nitrogen and oxygen atoms in total. The van der Waals surface area contributed by atoms with E-state index in [1.807, 2.05) is 41.3 Å². The van der Waals surface area contributed by atoms with Crippen LogP contribution in [0.25, 0.3) is 11.3 Å². The highest BCUT2D eigenvalue weighted by atomic mass is 32.1. The number of carbonyl (C=O) groups excluding carboxylic acids is 1. The van der Waals surface area contributed by atoms with E-state index in [1.54, 1.807) is 25.6 Å². The summed E-state index contributed by atoms with van der Waals surface area (Å²) in [6.07, 6.45) is 0. The minimum absolute atomic E-state index is 0.0867. The van der Waals surface area contributed by atoms with Crippen LogP contribution < -0.4 is 19.7 Å². The molecule has 3 aromatic carbocycles. The normalized spacial score (nSPS) is 13.3. The van der Waals surface area contributed by atoms with Crippen LogP contribution in [0.1, 0.15) is 27.0 Å². The number of para-hydroxylation sites is 1. The number of piperazine rings is 1. The zero-order valence-electron chi connectivity index (χ0n) is 22.6. The number of aryl methyl sites for hydroxylation is 1. The molecule has 1 fully saturated rings. The molecule has 0 atom stereocenters. The molecule has 202 valence electrons. The summed E-state index contributed by atoms with van der Waals surface area (Å²) in [7, 11) is 3.32. The highest BCUT2D eigenvalue weighted by Crippen LogP contribution is 2.35. The number of nitrogens with zero attached hydrogens (tertiary/aromatic N) is 3. The molecule has 5 rings (SSSR count). The largest absolute Gasteiger partial charge is 0.493 e. The second kappa shape index (κ2) is 12.3. The standard InChI is InChI=1S/C31H34N4O3S/c1-22-7-11-24(12-8-22)27-21-39-31(33-27)35(20-26-5-4-6-28(37-2)29(26)38-3)19-23-9-13-25(14-10-23)30(36)34-17-15-32-16-18-34/h4-14,21,32H,15-20H2,1-3H3. The van der Waals surface area contributed by atoms with Crippen molar-refractivity contribution in [2.24, 2.45) is 0 Å². The third-order valence-electron chi connectivity index (χ3n) is 6.93. The second-order valence-corrected chi connectivity index (χ2v) is 10.5. The van der Waals surface area contributed by atoms with Crippen molar-refractivity contribution in [3.8, 4) is 22.8 Å². The maximum atomic E-state index is 12.9. The molecule has 1 amide bonds. The summed E-state index contributed by atoms with van der Waals surface area (Å²) in [6.45, 7) is 6.46. The lowest BCUT2D eigenvalue weighted by atomic mass is 10.1. The quantitative estimate of drug-likeness (QED) is 0.306. The molecular formula is C31H34N4O3S. The molecule has 1 aliphatic heterocycles. The van der Waals surface area contributed by atoms with Crippen LogP contribution in [0.2, 0.25) is 0 Å². The zero-order chi connectivity index (χ0) is 27.2. The molecule has 4 aromatic rings. The van der Waals surface area contributed by atoms with E-state index in [4.69, 9.17) is 14.5 Å². The molecule has 0 radical (unpaired) electrons. The van der Waals surface area contributed by atoms with Gasteiger partial charge in [0.1, 0.15) is 0 Å². The number of hydrogen-bond acceptors (Lipinski definition) is 7. The van der Waals surface area contributed by atoms with Gasteiger partial charge < -0.3 is 24.6 Å². The second-order valence-electron chi connectivity index (χ2n) is 9.63. The number of benzene rings is 3. The predicted molar refractivity (Wildman–Crippen MR) is 157 cm³/mol. The molecule has 0 spiro atoms. The zero-order valence-corrected chi connectivity index (χ0v) is 23.5. The molecule has 1 aliphatic rings. The fourth-order valence-electron chi connectivity index (χ4n) is 4.77. The van der Waals surface area contributed by atoms with Gasteiger partial charge in [0.2, 0.25) is 0 Å². The average Bonchev–Trinajstić information content (AvgIpc) is 3.48. The number of ether oxygens (including phenoxy) is 2. The number of carbonyl (C=O) groups is 1. The molecule has 0 unspecified atom stereocenters. The predicted octanol–water partition coefficient (Wildman–Crippen LogP) is 5.39. The molecule has 2 heterocycles. The maximum Gasteiger partial charge on any atom is 0.253 e. The van der Waals surface area contributed by atoms with Crippen molar-refractivity contribution >= 4 is 22.4 Å². The first-order chi connectivity index (χ1) is 19.1. The lowest BCUT2D eigenvalue weighted by Gasteiger charge is -2.27. The van der Waals surface area contributed by atoms with E-state index in [9.17, 15) is 4.79 Å². The average molecular weight is 543 g/mol. The van der Waals surface area contributed by atoms with Crippen molar-refractivity contribution in [1.82, 2.24) is 15.2 Å². The lowest BCUT2D eigenvalue weighted by Crippen LogP contribution is -2.46. The van der Waals surface area contributed by atoms with Gasteiger partial charge in [-0.1, -0.05) is 54.1 Å². The Hall–Kier alpha value is -3.88. The van der Waals surface area contributed by atoms with Crippen LogP contribution in [0.3, 0.4) is 0 Å². The van der Waals surface area contributed by atoms with E-state index < -0.39 is 0 Å². The summed E-state index contributed by atoms with van der Waals surface area (Å²) in [5.41, 5.74) is 6.10. The molecule has 8 heteroatoms. The third-order valence-corrected chi connectivity index (χ3v) is 7.84. The molecule has 39 heavy (non-hydrogen) atoms. The van der Waals surface area contributed by atoms with E-state index in [0.717, 1.165) is 65.0 Å². The first-order valence-electron chi connectivity index (χ1n) is 13.1. The molecule has 1 saturated heterocycles. The van der Waals surface area contributed by atoms with Crippen molar-refractivity contribution in [2.75, 3.05) is 45.3 Å². The number of thiazole rings is 1. The number of rotatable bonds is 9. The Morgan fingerprint density at radius 3 is 2.41 bits per heavy atom. The Morgan fingerprint density at radius 2 is 1.72 bits per heavy atom. The number of anilines is 1. The molecular weight excluding hydrogens is 508 g/mol. The highest BCUT2D eigenvalue weighted by Gasteiger charge is 2.20. The van der Waals surface area contributed by atoms with Crippen molar-refractivity contribution < 1.29 is 14.3 Å². The molecule has 1 N–H and O–H groups in total. The minimum atomic E-state index is 0.0867. The van der Waals surface area contributed by atoms with Gasteiger partial charge >= 0.3 is 0 Å². The molecule has 0 bridgehead atoms. The highest BCUT2D eigenvalue weighted by molar-refractivity contribution is 7.14. The van der Waals surface area contributed by atoms with Gasteiger partial charge in [-0.2, -0.15) is 0 Å². The molecule has 1 aromatic heterocycles. The van der Waals surface area contributed by atoms with Gasteiger partial charge in [0.15, 0.2) is 16.6 Å². The third kappa shape index (κ3) is 6.24. The topological polar surface area (TPSA) is 66.9 Å². The number of methoxy groups -OCH3 is 2. The fourth-order valence-corrected chi connectivity index (χ4v) is 5.60. The van der Waals surface area contributed by atoms with Gasteiger partial charge in [0, 0.05) is 61.3 Å². The van der Waals surface area contributed by atoms with Crippen LogP contribution in [0, 0.1) is 6.92 Å². The van der Waals surface area contributed by atoms with E-state index in [0.29, 0.717) is 18.8 Å². The molecule has 0 aliphatic carbocycles. The van der Waals surface area contributed by atoms with Crippen molar-refractivity contribution in [3.05, 3.63) is 94.4 Å². The van der Waals surface area contributed by atoms with Crippen molar-refractivity contribution in [3.63, 3.8) is 0 Å². The van der Waals surface area contributed by atoms with Gasteiger partial charge in [-0.05, 0) is 30.7 Å². The van der Waals surface area contributed by atoms with Gasteiger partial charge in [-0.15, -0.1) is 11.3 Å². The van der Waals surface area contributed by atoms with E-state index in [-0.39, 0.29) is 5.91 Å². The summed E-state index contributed by atoms with van der Waals surface area (Å²) in [5.74, 6) is 1.51. The van der Waals surface area contributed by atoms with Crippen LogP contribution in [0.5, 0.6) is 11.5 Å². The van der Waals surface area contributed by atoms with Gasteiger partial charge in [-0.3, -0.25) is 4.79 Å². The Kier molecular flexibility index (Phi) is 8.44. The Labute approximate surface area is 234 Å². The van der Waals surface area contributed by atoms with Gasteiger partial charge in [0.05, 0.1) is 19.9 Å². The summed E-state index contributed by atoms with van der Waals surface area (Å²) < 4.78 is 11.3. The fraction of sp³-hybridized carbons (Fsp3) is 0.290. The minimum Gasteiger partial charge on any atom is -0.493 e. The van der Waals surface area contributed by atoms with E-state index in [1.165, 1.54) is 5.56 Å². The van der Waals surface area contributed by atoms with Crippen LogP contribution in [-0.4, -0.2) is 56.2 Å². The summed E-state index contributed by atoms with van der Waals surface area (Å²) in [4.78, 5) is 22.1. The summed E-state index contributed by atoms with van der Waals surface area (Å²) in [5, 5.41) is 6.31. The van der Waals surface area contributed by atoms with Gasteiger partial charge in [-0.25, -0.2) is 4.98 Å². The Balaban J connectivity index is 1.42. The van der Waals surface area contributed by atoms with Crippen LogP contribution in [0.15, 0.2) is 72.1 Å². The number of nitrogens with one attached hydrogen (secondary N) is 1. The SMILES string of the molecule is COc1cccc(CN(Cc2ccc(C(=O)N3CCNCC3)cc2)c2nc(-c3ccc(C)cc3)cs2)c1OC. The van der Waals surface area contributed by atoms with Crippen LogP contribution in [0.4, 0.5) is 5.13 Å². The van der Waals surface area contributed by atoms with Crippen LogP contribution >= 0.6 is 11.3 Å². The monoisotopic (exact) mass is 542 g/mol. The molecule has 0 saturated carbocycles. The van der Waals surface area contributed by atoms with Crippen molar-refractivity contribution in [1.29, 1.82) is 0 Å². The smallest absolute Gasteiger partial charge is 0.253 e. The van der Waals surface area contributed by atoms with E-state index in [2.05, 4.69) is 52.9 Å². The Bertz CT molecular complexity index is 1400. The number of amides is 1.